The number of carbonyl (C=O) groups is 2. The van der Waals surface area contributed by atoms with Gasteiger partial charge in [0.05, 0.1) is 12.0 Å². The number of rotatable bonds is 5. The number of carboxylic acid groups (broad SMARTS) is 1. The van der Waals surface area contributed by atoms with Crippen molar-refractivity contribution in [3.8, 4) is 0 Å². The van der Waals surface area contributed by atoms with Crippen LogP contribution in [0.4, 0.5) is 4.79 Å². The molecule has 0 aliphatic heterocycles. The number of ether oxygens (including phenoxy) is 1. The van der Waals surface area contributed by atoms with Gasteiger partial charge < -0.3 is 20.0 Å². The Hall–Kier alpha value is -2.30. The van der Waals surface area contributed by atoms with Crippen molar-refractivity contribution in [2.75, 3.05) is 0 Å². The summed E-state index contributed by atoms with van der Waals surface area (Å²) in [7, 11) is 0. The molecular weight excluding hydrogens is 270 g/mol. The van der Waals surface area contributed by atoms with Crippen LogP contribution in [0.5, 0.6) is 0 Å². The fourth-order valence-electron chi connectivity index (χ4n) is 1.57. The molecule has 1 atom stereocenters. The highest BCUT2D eigenvalue weighted by atomic mass is 16.6. The molecule has 0 aliphatic rings. The van der Waals surface area contributed by atoms with Crippen LogP contribution in [0.1, 0.15) is 32.8 Å². The molecule has 0 unspecified atom stereocenters. The maximum Gasteiger partial charge on any atom is 0.408 e. The van der Waals surface area contributed by atoms with Gasteiger partial charge in [-0.1, -0.05) is 42.5 Å². The number of benzene rings is 1. The molecule has 1 amide bonds. The number of hydrogen-bond acceptors (Lipinski definition) is 4. The molecule has 114 valence electrons. The average molecular weight is 290 g/mol. The van der Waals surface area contributed by atoms with E-state index >= 15 is 0 Å². The molecule has 1 aromatic rings. The van der Waals surface area contributed by atoms with Crippen molar-refractivity contribution in [2.45, 2.75) is 38.8 Å². The zero-order valence-corrected chi connectivity index (χ0v) is 12.5. The Morgan fingerprint density at radius 1 is 1.29 bits per heavy atom. The third-order valence-electron chi connectivity index (χ3n) is 2.46. The molecule has 0 aliphatic carbocycles. The molecule has 0 bridgehead atoms. The second-order valence-corrected chi connectivity index (χ2v) is 5.57. The van der Waals surface area contributed by atoms with Crippen LogP contribution in [-0.2, 0) is 9.53 Å². The standard InChI is InChI=1S/C16H21NO4/c1-16(2,3)21-15(20)17-13(14(18)19)11-7-10-12-8-5-4-6-9-12/h4-10,13H,11H2,1-3H3,(H,17,20)(H,18,19)/p-1/b10-7+/t13-/m0/s1. The molecule has 0 spiro atoms. The minimum Gasteiger partial charge on any atom is -0.548 e. The molecule has 0 aromatic heterocycles. The van der Waals surface area contributed by atoms with E-state index in [1.54, 1.807) is 32.9 Å². The maximum atomic E-state index is 11.6. The lowest BCUT2D eigenvalue weighted by molar-refractivity contribution is -0.308. The molecule has 1 rings (SSSR count). The zero-order chi connectivity index (χ0) is 15.9. The van der Waals surface area contributed by atoms with Crippen molar-refractivity contribution < 1.29 is 19.4 Å². The van der Waals surface area contributed by atoms with E-state index in [9.17, 15) is 14.7 Å². The highest BCUT2D eigenvalue weighted by Crippen LogP contribution is 2.08. The van der Waals surface area contributed by atoms with E-state index in [0.717, 1.165) is 5.56 Å². The fourth-order valence-corrected chi connectivity index (χ4v) is 1.57. The van der Waals surface area contributed by atoms with Crippen LogP contribution >= 0.6 is 0 Å². The number of nitrogens with one attached hydrogen (secondary N) is 1. The number of amides is 1. The van der Waals surface area contributed by atoms with E-state index in [4.69, 9.17) is 4.74 Å². The molecule has 0 saturated carbocycles. The average Bonchev–Trinajstić information content (AvgIpc) is 2.36. The number of carbonyl (C=O) groups excluding carboxylic acids is 2. The van der Waals surface area contributed by atoms with Crippen LogP contribution in [0, 0.1) is 0 Å². The number of alkyl carbamates (subject to hydrolysis) is 1. The van der Waals surface area contributed by atoms with Gasteiger partial charge in [-0.2, -0.15) is 0 Å². The fraction of sp³-hybridized carbons (Fsp3) is 0.375. The Kier molecular flexibility index (Phi) is 5.96. The van der Waals surface area contributed by atoms with Crippen molar-refractivity contribution >= 4 is 18.1 Å². The van der Waals surface area contributed by atoms with Crippen LogP contribution in [0.15, 0.2) is 36.4 Å². The molecule has 1 aromatic carbocycles. The van der Waals surface area contributed by atoms with Crippen LogP contribution in [0.3, 0.4) is 0 Å². The summed E-state index contributed by atoms with van der Waals surface area (Å²) < 4.78 is 5.02. The van der Waals surface area contributed by atoms with E-state index in [1.165, 1.54) is 0 Å². The molecule has 5 nitrogen and oxygen atoms in total. The Morgan fingerprint density at radius 3 is 2.43 bits per heavy atom. The summed E-state index contributed by atoms with van der Waals surface area (Å²) in [5.74, 6) is -1.35. The summed E-state index contributed by atoms with van der Waals surface area (Å²) in [5, 5.41) is 13.3. The summed E-state index contributed by atoms with van der Waals surface area (Å²) in [5.41, 5.74) is 0.271. The topological polar surface area (TPSA) is 78.5 Å². The number of hydrogen-bond donors (Lipinski definition) is 1. The van der Waals surface area contributed by atoms with Gasteiger partial charge in [-0.05, 0) is 32.8 Å². The minimum atomic E-state index is -1.35. The maximum absolute atomic E-state index is 11.6. The molecule has 21 heavy (non-hydrogen) atoms. The van der Waals surface area contributed by atoms with E-state index in [0.29, 0.717) is 0 Å². The Balaban J connectivity index is 2.56. The zero-order valence-electron chi connectivity index (χ0n) is 12.5. The molecule has 0 radical (unpaired) electrons. The lowest BCUT2D eigenvalue weighted by Crippen LogP contribution is -2.48. The second kappa shape index (κ2) is 7.47. The first-order chi connectivity index (χ1) is 9.78. The van der Waals surface area contributed by atoms with Crippen molar-refractivity contribution in [3.05, 3.63) is 42.0 Å². The van der Waals surface area contributed by atoms with Gasteiger partial charge >= 0.3 is 6.09 Å². The predicted molar refractivity (Wildman–Crippen MR) is 78.3 cm³/mol. The van der Waals surface area contributed by atoms with Gasteiger partial charge in [-0.25, -0.2) is 4.79 Å². The van der Waals surface area contributed by atoms with Crippen LogP contribution in [0.25, 0.3) is 6.08 Å². The van der Waals surface area contributed by atoms with Crippen LogP contribution in [-0.4, -0.2) is 23.7 Å². The van der Waals surface area contributed by atoms with Gasteiger partial charge in [0.15, 0.2) is 0 Å². The van der Waals surface area contributed by atoms with Gasteiger partial charge in [-0.15, -0.1) is 0 Å². The molecular formula is C16H20NO4-. The van der Waals surface area contributed by atoms with E-state index in [1.807, 2.05) is 30.3 Å². The highest BCUT2D eigenvalue weighted by Gasteiger charge is 2.19. The van der Waals surface area contributed by atoms with Gasteiger partial charge in [0.25, 0.3) is 0 Å². The summed E-state index contributed by atoms with van der Waals surface area (Å²) >= 11 is 0. The van der Waals surface area contributed by atoms with E-state index in [2.05, 4.69) is 5.32 Å². The first-order valence-corrected chi connectivity index (χ1v) is 6.70. The predicted octanol–water partition coefficient (Wildman–Crippen LogP) is 1.73. The van der Waals surface area contributed by atoms with Crippen LogP contribution < -0.4 is 10.4 Å². The lowest BCUT2D eigenvalue weighted by atomic mass is 10.1. The summed E-state index contributed by atoms with van der Waals surface area (Å²) in [6, 6.07) is 8.33. The third-order valence-corrected chi connectivity index (χ3v) is 2.46. The Morgan fingerprint density at radius 2 is 1.90 bits per heavy atom. The van der Waals surface area contributed by atoms with Gasteiger partial charge in [0.2, 0.25) is 0 Å². The van der Waals surface area contributed by atoms with Crippen molar-refractivity contribution in [2.24, 2.45) is 0 Å². The third kappa shape index (κ3) is 7.15. The molecule has 5 heteroatoms. The molecule has 1 N–H and O–H groups in total. The highest BCUT2D eigenvalue weighted by molar-refractivity contribution is 5.79. The van der Waals surface area contributed by atoms with E-state index < -0.39 is 23.7 Å². The largest absolute Gasteiger partial charge is 0.548 e. The SMILES string of the molecule is CC(C)(C)OC(=O)N[C@@H](C/C=C/c1ccccc1)C(=O)[O-]. The van der Waals surface area contributed by atoms with Gasteiger partial charge in [-0.3, -0.25) is 0 Å². The van der Waals surface area contributed by atoms with Crippen molar-refractivity contribution in [3.63, 3.8) is 0 Å². The number of aliphatic carboxylic acids is 1. The first-order valence-electron chi connectivity index (χ1n) is 6.70. The second-order valence-electron chi connectivity index (χ2n) is 5.57. The van der Waals surface area contributed by atoms with Crippen LogP contribution in [0.2, 0.25) is 0 Å². The van der Waals surface area contributed by atoms with Gasteiger partial charge in [0, 0.05) is 0 Å². The quantitative estimate of drug-likeness (QED) is 0.895. The van der Waals surface area contributed by atoms with Crippen molar-refractivity contribution in [1.82, 2.24) is 5.32 Å². The molecule has 0 heterocycles. The Labute approximate surface area is 124 Å². The van der Waals surface area contributed by atoms with Gasteiger partial charge in [0.1, 0.15) is 5.60 Å². The smallest absolute Gasteiger partial charge is 0.408 e. The van der Waals surface area contributed by atoms with Crippen molar-refractivity contribution in [1.29, 1.82) is 0 Å². The van der Waals surface area contributed by atoms with E-state index in [-0.39, 0.29) is 6.42 Å². The Bertz CT molecular complexity index is 503. The molecule has 0 fully saturated rings. The summed E-state index contributed by atoms with van der Waals surface area (Å²) in [6.07, 6.45) is 2.81. The monoisotopic (exact) mass is 290 g/mol. The minimum absolute atomic E-state index is 0.121. The lowest BCUT2D eigenvalue weighted by Gasteiger charge is -2.23. The summed E-state index contributed by atoms with van der Waals surface area (Å²) in [4.78, 5) is 22.6. The first kappa shape index (κ1) is 16.8. The molecule has 0 saturated heterocycles. The summed E-state index contributed by atoms with van der Waals surface area (Å²) in [6.45, 7) is 5.11. The normalized spacial score (nSPS) is 12.9. The number of carboxylic acids is 1.